The zero-order valence-corrected chi connectivity index (χ0v) is 8.96. The number of ether oxygens (including phenoxy) is 1. The van der Waals surface area contributed by atoms with E-state index in [1.54, 1.807) is 0 Å². The highest BCUT2D eigenvalue weighted by atomic mass is 16.5. The summed E-state index contributed by atoms with van der Waals surface area (Å²) in [7, 11) is 0. The van der Waals surface area contributed by atoms with Crippen LogP contribution in [-0.2, 0) is 4.74 Å². The third-order valence-electron chi connectivity index (χ3n) is 2.79. The Bertz CT molecular complexity index is 128. The summed E-state index contributed by atoms with van der Waals surface area (Å²) in [5.41, 5.74) is 5.94. The molecule has 0 radical (unpaired) electrons. The summed E-state index contributed by atoms with van der Waals surface area (Å²) >= 11 is 0. The van der Waals surface area contributed by atoms with E-state index in [-0.39, 0.29) is 0 Å². The van der Waals surface area contributed by atoms with Gasteiger partial charge in [0.2, 0.25) is 0 Å². The first-order valence-electron chi connectivity index (χ1n) is 5.59. The van der Waals surface area contributed by atoms with E-state index in [9.17, 15) is 0 Å². The Labute approximate surface area is 81.8 Å². The van der Waals surface area contributed by atoms with Crippen molar-refractivity contribution in [2.24, 2.45) is 11.7 Å². The predicted molar refractivity (Wildman–Crippen MR) is 55.6 cm³/mol. The normalized spacial score (nSPS) is 34.8. The first-order chi connectivity index (χ1) is 6.22. The zero-order valence-electron chi connectivity index (χ0n) is 8.96. The average Bonchev–Trinajstić information content (AvgIpc) is 2.03. The van der Waals surface area contributed by atoms with Crippen molar-refractivity contribution in [3.8, 4) is 0 Å². The van der Waals surface area contributed by atoms with Crippen LogP contribution in [0.2, 0.25) is 0 Å². The van der Waals surface area contributed by atoms with Crippen molar-refractivity contribution in [2.45, 2.75) is 58.1 Å². The van der Waals surface area contributed by atoms with Crippen molar-refractivity contribution in [3.63, 3.8) is 0 Å². The molecule has 0 heterocycles. The third-order valence-corrected chi connectivity index (χ3v) is 2.79. The molecule has 1 fully saturated rings. The van der Waals surface area contributed by atoms with Gasteiger partial charge in [0, 0.05) is 12.6 Å². The van der Waals surface area contributed by atoms with Crippen LogP contribution in [0.15, 0.2) is 0 Å². The molecular weight excluding hydrogens is 162 g/mol. The van der Waals surface area contributed by atoms with Gasteiger partial charge in [0.05, 0.1) is 6.10 Å². The average molecular weight is 185 g/mol. The molecule has 13 heavy (non-hydrogen) atoms. The van der Waals surface area contributed by atoms with Crippen molar-refractivity contribution in [1.82, 2.24) is 0 Å². The maximum Gasteiger partial charge on any atom is 0.0592 e. The summed E-state index contributed by atoms with van der Waals surface area (Å²) < 4.78 is 5.78. The molecule has 0 aliphatic heterocycles. The zero-order chi connectivity index (χ0) is 9.68. The van der Waals surface area contributed by atoms with Gasteiger partial charge in [-0.25, -0.2) is 0 Å². The highest BCUT2D eigenvalue weighted by Crippen LogP contribution is 2.25. The quantitative estimate of drug-likeness (QED) is 0.682. The Kier molecular flexibility index (Phi) is 4.74. The van der Waals surface area contributed by atoms with Gasteiger partial charge in [0.25, 0.3) is 0 Å². The molecule has 2 N–H and O–H groups in total. The minimum atomic E-state index is 0.371. The molecule has 2 unspecified atom stereocenters. The van der Waals surface area contributed by atoms with Crippen LogP contribution < -0.4 is 5.73 Å². The second-order valence-corrected chi connectivity index (χ2v) is 4.42. The Morgan fingerprint density at radius 1 is 1.31 bits per heavy atom. The topological polar surface area (TPSA) is 35.2 Å². The molecule has 2 heteroatoms. The maximum absolute atomic E-state index is 5.94. The molecule has 0 aromatic carbocycles. The van der Waals surface area contributed by atoms with Gasteiger partial charge in [-0.05, 0) is 31.6 Å². The molecule has 0 aromatic heterocycles. The lowest BCUT2D eigenvalue weighted by molar-refractivity contribution is 0.00884. The first kappa shape index (κ1) is 11.0. The Hall–Kier alpha value is -0.0800. The van der Waals surface area contributed by atoms with E-state index in [1.165, 1.54) is 25.7 Å². The highest BCUT2D eigenvalue weighted by Gasteiger charge is 2.24. The monoisotopic (exact) mass is 185 g/mol. The second-order valence-electron chi connectivity index (χ2n) is 4.42. The first-order valence-corrected chi connectivity index (χ1v) is 5.59. The molecule has 1 rings (SSSR count). The molecule has 0 spiro atoms. The summed E-state index contributed by atoms with van der Waals surface area (Å²) in [4.78, 5) is 0. The van der Waals surface area contributed by atoms with Crippen LogP contribution in [0.3, 0.4) is 0 Å². The number of hydrogen-bond acceptors (Lipinski definition) is 2. The Balaban J connectivity index is 2.17. The smallest absolute Gasteiger partial charge is 0.0592 e. The largest absolute Gasteiger partial charge is 0.378 e. The van der Waals surface area contributed by atoms with Crippen LogP contribution in [0.4, 0.5) is 0 Å². The standard InChI is InChI=1S/C11H23NO/c1-3-4-5-13-11-7-9(2)6-10(12)8-11/h9-11H,3-8,12H2,1-2H3/t9?,10-,11?/m1/s1. The van der Waals surface area contributed by atoms with Gasteiger partial charge >= 0.3 is 0 Å². The van der Waals surface area contributed by atoms with E-state index in [0.29, 0.717) is 12.1 Å². The van der Waals surface area contributed by atoms with Gasteiger partial charge in [0.1, 0.15) is 0 Å². The number of unbranched alkanes of at least 4 members (excludes halogenated alkanes) is 1. The lowest BCUT2D eigenvalue weighted by Crippen LogP contribution is -2.36. The van der Waals surface area contributed by atoms with E-state index < -0.39 is 0 Å². The minimum Gasteiger partial charge on any atom is -0.378 e. The van der Waals surface area contributed by atoms with E-state index in [4.69, 9.17) is 10.5 Å². The van der Waals surface area contributed by atoms with Crippen molar-refractivity contribution < 1.29 is 4.74 Å². The number of nitrogens with two attached hydrogens (primary N) is 1. The van der Waals surface area contributed by atoms with E-state index in [2.05, 4.69) is 13.8 Å². The lowest BCUT2D eigenvalue weighted by atomic mass is 9.85. The molecule has 2 nitrogen and oxygen atoms in total. The van der Waals surface area contributed by atoms with Gasteiger partial charge in [0.15, 0.2) is 0 Å². The van der Waals surface area contributed by atoms with Crippen LogP contribution in [0.1, 0.15) is 46.0 Å². The van der Waals surface area contributed by atoms with Crippen LogP contribution in [0, 0.1) is 5.92 Å². The van der Waals surface area contributed by atoms with Gasteiger partial charge in [-0.2, -0.15) is 0 Å². The van der Waals surface area contributed by atoms with Gasteiger partial charge in [-0.3, -0.25) is 0 Å². The van der Waals surface area contributed by atoms with E-state index in [1.807, 2.05) is 0 Å². The summed E-state index contributed by atoms with van der Waals surface area (Å²) in [5, 5.41) is 0. The van der Waals surface area contributed by atoms with Gasteiger partial charge in [-0.15, -0.1) is 0 Å². The van der Waals surface area contributed by atoms with Crippen molar-refractivity contribution in [2.75, 3.05) is 6.61 Å². The third kappa shape index (κ3) is 4.10. The van der Waals surface area contributed by atoms with Crippen LogP contribution >= 0.6 is 0 Å². The molecule has 0 aromatic rings. The van der Waals surface area contributed by atoms with E-state index >= 15 is 0 Å². The number of rotatable bonds is 4. The molecule has 1 saturated carbocycles. The molecule has 78 valence electrons. The van der Waals surface area contributed by atoms with Gasteiger partial charge in [-0.1, -0.05) is 20.3 Å². The molecule has 1 aliphatic rings. The fraction of sp³-hybridized carbons (Fsp3) is 1.00. The van der Waals surface area contributed by atoms with Crippen LogP contribution in [0.5, 0.6) is 0 Å². The fourth-order valence-electron chi connectivity index (χ4n) is 2.12. The minimum absolute atomic E-state index is 0.371. The molecule has 1 aliphatic carbocycles. The fourth-order valence-corrected chi connectivity index (χ4v) is 2.12. The van der Waals surface area contributed by atoms with Crippen LogP contribution in [0.25, 0.3) is 0 Å². The second kappa shape index (κ2) is 5.61. The molecule has 0 bridgehead atoms. The van der Waals surface area contributed by atoms with Crippen molar-refractivity contribution in [3.05, 3.63) is 0 Å². The summed E-state index contributed by atoms with van der Waals surface area (Å²) in [6.45, 7) is 5.38. The molecule has 3 atom stereocenters. The van der Waals surface area contributed by atoms with Crippen LogP contribution in [-0.4, -0.2) is 18.8 Å². The summed E-state index contributed by atoms with van der Waals surface area (Å²) in [6.07, 6.45) is 6.28. The van der Waals surface area contributed by atoms with Crippen molar-refractivity contribution in [1.29, 1.82) is 0 Å². The molecule has 0 amide bonds. The highest BCUT2D eigenvalue weighted by molar-refractivity contribution is 4.79. The van der Waals surface area contributed by atoms with Crippen molar-refractivity contribution >= 4 is 0 Å². The summed E-state index contributed by atoms with van der Waals surface area (Å²) in [5.74, 6) is 0.746. The SMILES string of the molecule is CCCCOC1CC(C)C[C@@H](N)C1. The summed E-state index contributed by atoms with van der Waals surface area (Å²) in [6, 6.07) is 0.371. The Morgan fingerprint density at radius 2 is 2.08 bits per heavy atom. The van der Waals surface area contributed by atoms with Gasteiger partial charge < -0.3 is 10.5 Å². The molecule has 0 saturated heterocycles. The Morgan fingerprint density at radius 3 is 2.69 bits per heavy atom. The maximum atomic E-state index is 5.94. The number of hydrogen-bond donors (Lipinski definition) is 1. The molecular formula is C11H23NO. The predicted octanol–water partition coefficient (Wildman–Crippen LogP) is 2.32. The lowest BCUT2D eigenvalue weighted by Gasteiger charge is -2.31. The van der Waals surface area contributed by atoms with E-state index in [0.717, 1.165) is 18.9 Å².